The Balaban J connectivity index is 2.25. The van der Waals surface area contributed by atoms with Crippen LogP contribution in [0.1, 0.15) is 37.5 Å². The van der Waals surface area contributed by atoms with E-state index in [0.717, 1.165) is 22.9 Å². The summed E-state index contributed by atoms with van der Waals surface area (Å²) in [6.45, 7) is 11.0. The molecule has 0 radical (unpaired) electrons. The minimum Gasteiger partial charge on any atom is -0.508 e. The third-order valence-corrected chi connectivity index (χ3v) is 8.80. The second-order valence-electron chi connectivity index (χ2n) is 8.43. The fourth-order valence-electron chi connectivity index (χ4n) is 3.76. The molecular weight excluding hydrogens is 324 g/mol. The highest BCUT2D eigenvalue weighted by Gasteiger charge is 2.34. The number of methoxy groups -OCH3 is 1. The van der Waals surface area contributed by atoms with Gasteiger partial charge in [0.25, 0.3) is 0 Å². The summed E-state index contributed by atoms with van der Waals surface area (Å²) in [6.07, 6.45) is 5.47. The van der Waals surface area contributed by atoms with E-state index in [1.54, 1.807) is 7.11 Å². The lowest BCUT2D eigenvalue weighted by Gasteiger charge is -2.30. The number of allylic oxidation sites excluding steroid dienone is 1. The number of aromatic hydroxyl groups is 1. The molecule has 25 heavy (non-hydrogen) atoms. The Morgan fingerprint density at radius 3 is 2.44 bits per heavy atom. The van der Waals surface area contributed by atoms with Crippen LogP contribution in [0, 0.1) is 0 Å². The van der Waals surface area contributed by atoms with Crippen molar-refractivity contribution in [3.63, 3.8) is 0 Å². The average Bonchev–Trinajstić information content (AvgIpc) is 3.02. The summed E-state index contributed by atoms with van der Waals surface area (Å²) in [6, 6.07) is 10.6. The first kappa shape index (κ1) is 17.8. The van der Waals surface area contributed by atoms with Gasteiger partial charge in [0, 0.05) is 5.56 Å². The van der Waals surface area contributed by atoms with E-state index >= 15 is 0 Å². The van der Waals surface area contributed by atoms with Crippen LogP contribution in [-0.4, -0.2) is 20.3 Å². The van der Waals surface area contributed by atoms with Crippen molar-refractivity contribution in [2.24, 2.45) is 0 Å². The zero-order valence-corrected chi connectivity index (χ0v) is 17.1. The standard InChI is InChI=1S/C22H28O2Si/c1-22(2,3)18-13-16(24-4)14-20(21(18)23)25(5,6)19-12-8-10-15-9-7-11-17(15)19/h7-8,10-14,23H,9H2,1-6H3. The first-order chi connectivity index (χ1) is 11.7. The topological polar surface area (TPSA) is 29.5 Å². The maximum atomic E-state index is 11.2. The van der Waals surface area contributed by atoms with Gasteiger partial charge in [0.15, 0.2) is 0 Å². The second kappa shape index (κ2) is 6.06. The molecule has 0 fully saturated rings. The summed E-state index contributed by atoms with van der Waals surface area (Å²) in [5.41, 5.74) is 3.54. The highest BCUT2D eigenvalue weighted by atomic mass is 28.3. The van der Waals surface area contributed by atoms with E-state index in [9.17, 15) is 5.11 Å². The van der Waals surface area contributed by atoms with Crippen LogP contribution in [0.3, 0.4) is 0 Å². The minimum atomic E-state index is -2.10. The lowest BCUT2D eigenvalue weighted by atomic mass is 9.86. The smallest absolute Gasteiger partial charge is 0.119 e. The van der Waals surface area contributed by atoms with E-state index in [-0.39, 0.29) is 5.41 Å². The molecule has 0 aliphatic heterocycles. The molecule has 0 amide bonds. The van der Waals surface area contributed by atoms with Gasteiger partial charge in [-0.25, -0.2) is 0 Å². The van der Waals surface area contributed by atoms with E-state index in [1.807, 2.05) is 12.1 Å². The van der Waals surface area contributed by atoms with Crippen molar-refractivity contribution >= 4 is 24.5 Å². The monoisotopic (exact) mass is 352 g/mol. The SMILES string of the molecule is COc1cc(C(C)(C)C)c(O)c([Si](C)(C)c2cccc3c2C=CC3)c1. The van der Waals surface area contributed by atoms with Crippen molar-refractivity contribution in [1.29, 1.82) is 0 Å². The molecule has 0 aromatic heterocycles. The van der Waals surface area contributed by atoms with E-state index in [0.29, 0.717) is 5.75 Å². The zero-order chi connectivity index (χ0) is 18.4. The van der Waals surface area contributed by atoms with Crippen LogP contribution in [0.25, 0.3) is 6.08 Å². The molecule has 3 heteroatoms. The number of rotatable bonds is 3. The van der Waals surface area contributed by atoms with Crippen molar-refractivity contribution in [1.82, 2.24) is 0 Å². The van der Waals surface area contributed by atoms with Gasteiger partial charge in [0.1, 0.15) is 19.6 Å². The molecule has 3 rings (SSSR count). The van der Waals surface area contributed by atoms with Gasteiger partial charge in [0.2, 0.25) is 0 Å². The Morgan fingerprint density at radius 2 is 1.80 bits per heavy atom. The van der Waals surface area contributed by atoms with Crippen LogP contribution in [0.2, 0.25) is 13.1 Å². The third-order valence-electron chi connectivity index (χ3n) is 5.29. The zero-order valence-electron chi connectivity index (χ0n) is 16.1. The fraction of sp³-hybridized carbons (Fsp3) is 0.364. The van der Waals surface area contributed by atoms with Crippen LogP contribution < -0.4 is 15.1 Å². The highest BCUT2D eigenvalue weighted by molar-refractivity contribution is 7.01. The normalized spacial score (nSPS) is 13.8. The molecule has 132 valence electrons. The summed E-state index contributed by atoms with van der Waals surface area (Å²) in [5, 5.41) is 13.6. The maximum Gasteiger partial charge on any atom is 0.119 e. The summed E-state index contributed by atoms with van der Waals surface area (Å²) in [7, 11) is -0.402. The molecule has 2 aromatic rings. The summed E-state index contributed by atoms with van der Waals surface area (Å²) < 4.78 is 5.57. The third kappa shape index (κ3) is 3.02. The van der Waals surface area contributed by atoms with E-state index < -0.39 is 8.07 Å². The number of hydrogen-bond donors (Lipinski definition) is 1. The molecule has 0 saturated heterocycles. The van der Waals surface area contributed by atoms with E-state index in [4.69, 9.17) is 4.74 Å². The van der Waals surface area contributed by atoms with Crippen LogP contribution in [0.15, 0.2) is 36.4 Å². The van der Waals surface area contributed by atoms with Crippen LogP contribution in [0.4, 0.5) is 0 Å². The van der Waals surface area contributed by atoms with Crippen molar-refractivity contribution in [2.75, 3.05) is 7.11 Å². The quantitative estimate of drug-likeness (QED) is 0.843. The second-order valence-corrected chi connectivity index (χ2v) is 12.8. The van der Waals surface area contributed by atoms with Gasteiger partial charge < -0.3 is 9.84 Å². The number of ether oxygens (including phenoxy) is 1. The highest BCUT2D eigenvalue weighted by Crippen LogP contribution is 2.34. The van der Waals surface area contributed by atoms with Crippen LogP contribution in [-0.2, 0) is 11.8 Å². The maximum absolute atomic E-state index is 11.2. The minimum absolute atomic E-state index is 0.142. The van der Waals surface area contributed by atoms with Crippen LogP contribution >= 0.6 is 0 Å². The summed E-state index contributed by atoms with van der Waals surface area (Å²) in [4.78, 5) is 0. The molecular formula is C22H28O2Si. The van der Waals surface area contributed by atoms with Gasteiger partial charge in [0.05, 0.1) is 7.11 Å². The van der Waals surface area contributed by atoms with E-state index in [2.05, 4.69) is 64.2 Å². The van der Waals surface area contributed by atoms with Gasteiger partial charge >= 0.3 is 0 Å². The number of fused-ring (bicyclic) bond motifs is 1. The largest absolute Gasteiger partial charge is 0.508 e. The first-order valence-electron chi connectivity index (χ1n) is 8.87. The molecule has 2 nitrogen and oxygen atoms in total. The predicted octanol–water partition coefficient (Wildman–Crippen LogP) is 4.09. The Bertz CT molecular complexity index is 842. The van der Waals surface area contributed by atoms with Gasteiger partial charge in [-0.2, -0.15) is 0 Å². The molecule has 1 N–H and O–H groups in total. The number of hydrogen-bond acceptors (Lipinski definition) is 2. The molecule has 0 atom stereocenters. The number of benzene rings is 2. The lowest BCUT2D eigenvalue weighted by molar-refractivity contribution is 0.407. The Labute approximate surface area is 152 Å². The number of phenols is 1. The molecule has 0 heterocycles. The van der Waals surface area contributed by atoms with Gasteiger partial charge in [-0.3, -0.25) is 0 Å². The molecule has 0 spiro atoms. The molecule has 0 saturated carbocycles. The predicted molar refractivity (Wildman–Crippen MR) is 109 cm³/mol. The summed E-state index contributed by atoms with van der Waals surface area (Å²) >= 11 is 0. The van der Waals surface area contributed by atoms with Gasteiger partial charge in [-0.05, 0) is 45.5 Å². The molecule has 2 aromatic carbocycles. The lowest BCUT2D eigenvalue weighted by Crippen LogP contribution is -2.54. The average molecular weight is 353 g/mol. The van der Waals surface area contributed by atoms with Crippen molar-refractivity contribution in [2.45, 2.75) is 45.7 Å². The molecule has 0 unspecified atom stereocenters. The van der Waals surface area contributed by atoms with Crippen LogP contribution in [0.5, 0.6) is 11.5 Å². The fourth-order valence-corrected chi connectivity index (χ4v) is 6.71. The Morgan fingerprint density at radius 1 is 1.08 bits per heavy atom. The van der Waals surface area contributed by atoms with Crippen molar-refractivity contribution in [3.05, 3.63) is 53.1 Å². The Kier molecular flexibility index (Phi) is 4.32. The Hall–Kier alpha value is -2.00. The van der Waals surface area contributed by atoms with Crippen molar-refractivity contribution < 1.29 is 9.84 Å². The van der Waals surface area contributed by atoms with Crippen molar-refractivity contribution in [3.8, 4) is 11.5 Å². The van der Waals surface area contributed by atoms with E-state index in [1.165, 1.54) is 16.3 Å². The molecule has 1 aliphatic carbocycles. The van der Waals surface area contributed by atoms with Gasteiger partial charge in [-0.1, -0.05) is 64.2 Å². The van der Waals surface area contributed by atoms with Gasteiger partial charge in [-0.15, -0.1) is 0 Å². The first-order valence-corrected chi connectivity index (χ1v) is 11.9. The summed E-state index contributed by atoms with van der Waals surface area (Å²) in [5.74, 6) is 1.26. The molecule has 1 aliphatic rings. The molecule has 0 bridgehead atoms. The number of phenolic OH excluding ortho intramolecular Hbond substituents is 1.